The van der Waals surface area contributed by atoms with E-state index in [1.165, 1.54) is 16.8 Å². The van der Waals surface area contributed by atoms with E-state index in [1.54, 1.807) is 0 Å². The Morgan fingerprint density at radius 1 is 1.50 bits per heavy atom. The molecule has 0 aliphatic carbocycles. The van der Waals surface area contributed by atoms with E-state index in [-0.39, 0.29) is 5.96 Å². The Labute approximate surface area is 95.7 Å². The first kappa shape index (κ1) is 10.8. The fourth-order valence-corrected chi connectivity index (χ4v) is 2.06. The summed E-state index contributed by atoms with van der Waals surface area (Å²) in [5.41, 5.74) is 14.7. The van der Waals surface area contributed by atoms with Crippen molar-refractivity contribution in [3.05, 3.63) is 29.3 Å². The van der Waals surface area contributed by atoms with Gasteiger partial charge in [-0.3, -0.25) is 16.5 Å². The van der Waals surface area contributed by atoms with Gasteiger partial charge < -0.3 is 5.32 Å². The van der Waals surface area contributed by atoms with Crippen molar-refractivity contribution < 1.29 is 4.99 Å². The van der Waals surface area contributed by atoms with Crippen LogP contribution in [0.2, 0.25) is 0 Å². The zero-order chi connectivity index (χ0) is 11.5. The van der Waals surface area contributed by atoms with Gasteiger partial charge in [-0.05, 0) is 37.0 Å². The maximum Gasteiger partial charge on any atom is 0.338 e. The highest BCUT2D eigenvalue weighted by atomic mass is 15.0. The monoisotopic (exact) mass is 219 g/mol. The first-order valence-corrected chi connectivity index (χ1v) is 5.63. The van der Waals surface area contributed by atoms with Gasteiger partial charge in [-0.2, -0.15) is 0 Å². The summed E-state index contributed by atoms with van der Waals surface area (Å²) in [4.78, 5) is 2.97. The van der Waals surface area contributed by atoms with E-state index in [0.717, 1.165) is 19.4 Å². The van der Waals surface area contributed by atoms with Crippen molar-refractivity contribution in [3.63, 3.8) is 0 Å². The van der Waals surface area contributed by atoms with Crippen molar-refractivity contribution in [2.45, 2.75) is 25.8 Å². The van der Waals surface area contributed by atoms with Gasteiger partial charge in [0.25, 0.3) is 0 Å². The van der Waals surface area contributed by atoms with E-state index in [9.17, 15) is 0 Å². The maximum atomic E-state index is 5.38. The molecule has 1 aromatic carbocycles. The van der Waals surface area contributed by atoms with Crippen LogP contribution in [0.25, 0.3) is 0 Å². The predicted octanol–water partition coefficient (Wildman–Crippen LogP) is -0.924. The number of aryl methyl sites for hydroxylation is 2. The quantitative estimate of drug-likeness (QED) is 0.383. The molecule has 16 heavy (non-hydrogen) atoms. The van der Waals surface area contributed by atoms with Crippen LogP contribution in [0.3, 0.4) is 0 Å². The second kappa shape index (κ2) is 4.43. The van der Waals surface area contributed by atoms with Crippen LogP contribution in [-0.2, 0) is 6.42 Å². The van der Waals surface area contributed by atoms with Gasteiger partial charge in [0.2, 0.25) is 0 Å². The van der Waals surface area contributed by atoms with E-state index in [0.29, 0.717) is 6.04 Å². The Hall–Kier alpha value is -1.71. The second-order valence-corrected chi connectivity index (χ2v) is 4.38. The Balaban J connectivity index is 2.08. The summed E-state index contributed by atoms with van der Waals surface area (Å²) < 4.78 is 0. The molecule has 86 valence electrons. The number of guanidine groups is 1. The van der Waals surface area contributed by atoms with E-state index in [4.69, 9.17) is 11.5 Å². The largest absolute Gasteiger partial charge is 0.379 e. The standard InChI is InChI=1S/C12H18N4/c1-8-2-3-9-4-5-10(7-15-12(13)14)16-11(9)6-8/h2-3,6,10,16H,4-5,7H2,1H3,(H4,13,14,15)/p+1/t10-/m0/s1. The third-order valence-electron chi connectivity index (χ3n) is 2.94. The molecule has 0 spiro atoms. The van der Waals surface area contributed by atoms with Crippen molar-refractivity contribution in [2.24, 2.45) is 11.5 Å². The molecule has 0 amide bonds. The Morgan fingerprint density at radius 2 is 2.31 bits per heavy atom. The molecule has 2 rings (SSSR count). The van der Waals surface area contributed by atoms with E-state index in [2.05, 4.69) is 35.4 Å². The van der Waals surface area contributed by atoms with Crippen molar-refractivity contribution in [1.29, 1.82) is 0 Å². The van der Waals surface area contributed by atoms with Gasteiger partial charge >= 0.3 is 5.96 Å². The van der Waals surface area contributed by atoms with Crippen LogP contribution in [0, 0.1) is 6.92 Å². The van der Waals surface area contributed by atoms with Gasteiger partial charge in [0.05, 0.1) is 12.6 Å². The topological polar surface area (TPSA) is 78.0 Å². The molecule has 1 aliphatic heterocycles. The van der Waals surface area contributed by atoms with Crippen LogP contribution in [0.1, 0.15) is 17.5 Å². The lowest BCUT2D eigenvalue weighted by atomic mass is 9.97. The van der Waals surface area contributed by atoms with Crippen LogP contribution >= 0.6 is 0 Å². The Morgan fingerprint density at radius 3 is 3.06 bits per heavy atom. The highest BCUT2D eigenvalue weighted by molar-refractivity contribution is 5.69. The van der Waals surface area contributed by atoms with Crippen LogP contribution in [-0.4, -0.2) is 18.5 Å². The lowest BCUT2D eigenvalue weighted by molar-refractivity contribution is -0.461. The fraction of sp³-hybridized carbons (Fsp3) is 0.417. The van der Waals surface area contributed by atoms with Gasteiger partial charge in [-0.25, -0.2) is 0 Å². The molecule has 1 aromatic rings. The minimum Gasteiger partial charge on any atom is -0.379 e. The lowest BCUT2D eigenvalue weighted by Gasteiger charge is -2.25. The van der Waals surface area contributed by atoms with E-state index in [1.807, 2.05) is 0 Å². The molecule has 0 fully saturated rings. The molecule has 6 N–H and O–H groups in total. The number of nitrogens with one attached hydrogen (secondary N) is 2. The molecule has 0 unspecified atom stereocenters. The lowest BCUT2D eigenvalue weighted by Crippen LogP contribution is -2.80. The van der Waals surface area contributed by atoms with Gasteiger partial charge in [0.15, 0.2) is 0 Å². The number of hydrogen-bond acceptors (Lipinski definition) is 1. The molecular formula is C12H19N4+. The van der Waals surface area contributed by atoms with Crippen molar-refractivity contribution in [3.8, 4) is 0 Å². The van der Waals surface area contributed by atoms with E-state index < -0.39 is 0 Å². The van der Waals surface area contributed by atoms with Crippen molar-refractivity contribution in [1.82, 2.24) is 0 Å². The summed E-state index contributed by atoms with van der Waals surface area (Å²) in [6.45, 7) is 2.88. The highest BCUT2D eigenvalue weighted by Crippen LogP contribution is 2.25. The molecule has 1 heterocycles. The number of fused-ring (bicyclic) bond motifs is 1. The zero-order valence-corrected chi connectivity index (χ0v) is 9.59. The molecule has 4 heteroatoms. The molecule has 0 bridgehead atoms. The molecule has 1 aliphatic rings. The van der Waals surface area contributed by atoms with Gasteiger partial charge in [-0.15, -0.1) is 0 Å². The summed E-state index contributed by atoms with van der Waals surface area (Å²) in [5.74, 6) is 0.289. The third-order valence-corrected chi connectivity index (χ3v) is 2.94. The Kier molecular flexibility index (Phi) is 2.99. The highest BCUT2D eigenvalue weighted by Gasteiger charge is 2.17. The number of rotatable bonds is 2. The van der Waals surface area contributed by atoms with Gasteiger partial charge in [0, 0.05) is 5.69 Å². The first-order valence-electron chi connectivity index (χ1n) is 5.63. The molecule has 4 nitrogen and oxygen atoms in total. The van der Waals surface area contributed by atoms with Crippen LogP contribution in [0.15, 0.2) is 18.2 Å². The van der Waals surface area contributed by atoms with Crippen LogP contribution in [0.5, 0.6) is 0 Å². The number of hydrogen-bond donors (Lipinski definition) is 4. The summed E-state index contributed by atoms with van der Waals surface area (Å²) in [6, 6.07) is 6.95. The molecular weight excluding hydrogens is 200 g/mol. The normalized spacial score (nSPS) is 18.4. The SMILES string of the molecule is Cc1ccc2c(c1)N[C@H](C[NH+]=C(N)N)CC2. The molecule has 0 saturated carbocycles. The summed E-state index contributed by atoms with van der Waals surface area (Å²) in [7, 11) is 0. The molecule has 0 saturated heterocycles. The van der Waals surface area contributed by atoms with Crippen molar-refractivity contribution >= 4 is 11.6 Å². The molecule has 1 atom stereocenters. The maximum absolute atomic E-state index is 5.38. The minimum absolute atomic E-state index is 0.289. The van der Waals surface area contributed by atoms with Gasteiger partial charge in [0.1, 0.15) is 0 Å². The number of anilines is 1. The van der Waals surface area contributed by atoms with Crippen LogP contribution in [0.4, 0.5) is 5.69 Å². The zero-order valence-electron chi connectivity index (χ0n) is 9.59. The molecule has 0 aromatic heterocycles. The van der Waals surface area contributed by atoms with Crippen LogP contribution < -0.4 is 21.8 Å². The Bertz CT molecular complexity index is 407. The van der Waals surface area contributed by atoms with Crippen molar-refractivity contribution in [2.75, 3.05) is 11.9 Å². The third kappa shape index (κ3) is 2.45. The average molecular weight is 219 g/mol. The summed E-state index contributed by atoms with van der Waals surface area (Å²) in [6.07, 6.45) is 2.22. The summed E-state index contributed by atoms with van der Waals surface area (Å²) >= 11 is 0. The fourth-order valence-electron chi connectivity index (χ4n) is 2.06. The summed E-state index contributed by atoms with van der Waals surface area (Å²) in [5, 5.41) is 3.51. The number of benzene rings is 1. The first-order chi connectivity index (χ1) is 7.65. The predicted molar refractivity (Wildman–Crippen MR) is 66.1 cm³/mol. The smallest absolute Gasteiger partial charge is 0.338 e. The molecule has 0 radical (unpaired) electrons. The number of nitrogens with two attached hydrogens (primary N) is 2. The van der Waals surface area contributed by atoms with Gasteiger partial charge in [-0.1, -0.05) is 12.1 Å². The van der Waals surface area contributed by atoms with E-state index >= 15 is 0 Å². The average Bonchev–Trinajstić information content (AvgIpc) is 2.25. The minimum atomic E-state index is 0.289. The second-order valence-electron chi connectivity index (χ2n) is 4.38.